The van der Waals surface area contributed by atoms with Crippen LogP contribution in [0.15, 0.2) is 28.9 Å². The molecule has 1 aliphatic carbocycles. The highest BCUT2D eigenvalue weighted by molar-refractivity contribution is 6.26. The second kappa shape index (κ2) is 5.87. The Morgan fingerprint density at radius 1 is 1.32 bits per heavy atom. The van der Waals surface area contributed by atoms with Crippen LogP contribution >= 0.6 is 0 Å². The van der Waals surface area contributed by atoms with Crippen molar-refractivity contribution >= 4 is 11.3 Å². The molecule has 1 aliphatic rings. The van der Waals surface area contributed by atoms with Crippen LogP contribution < -0.4 is 0 Å². The Morgan fingerprint density at radius 3 is 2.74 bits per heavy atom. The molecule has 0 aliphatic heterocycles. The first-order valence-electron chi connectivity index (χ1n) is 6.59. The van der Waals surface area contributed by atoms with Gasteiger partial charge in [0.05, 0.1) is 5.71 Å². The summed E-state index contributed by atoms with van der Waals surface area (Å²) in [7, 11) is 0. The molecule has 2 rings (SSSR count). The molecule has 0 spiro atoms. The number of halogens is 1. The summed E-state index contributed by atoms with van der Waals surface area (Å²) in [5.74, 6) is -1.01. The first-order chi connectivity index (χ1) is 9.17. The molecule has 1 aromatic rings. The van der Waals surface area contributed by atoms with Gasteiger partial charge in [-0.05, 0) is 43.4 Å². The summed E-state index contributed by atoms with van der Waals surface area (Å²) in [4.78, 5) is 0. The number of phenolic OH excluding ortho intramolecular Hbond substituents is 1. The minimum Gasteiger partial charge on any atom is -0.505 e. The number of rotatable bonds is 4. The molecule has 19 heavy (non-hydrogen) atoms. The lowest BCUT2D eigenvalue weighted by Gasteiger charge is -2.08. The van der Waals surface area contributed by atoms with E-state index in [0.29, 0.717) is 17.7 Å². The standard InChI is InChI=1S/C15H18FNO2/c1-2-3-4-10-5-7-13(17-19)15(10)11-6-8-14(18)12(16)9-11/h6,8-9,18-19H,2-5,7H2,1H3. The van der Waals surface area contributed by atoms with Crippen molar-refractivity contribution in [1.82, 2.24) is 0 Å². The van der Waals surface area contributed by atoms with Crippen molar-refractivity contribution in [2.24, 2.45) is 5.16 Å². The third-order valence-corrected chi connectivity index (χ3v) is 3.49. The number of hydrogen-bond acceptors (Lipinski definition) is 3. The van der Waals surface area contributed by atoms with E-state index in [9.17, 15) is 9.50 Å². The summed E-state index contributed by atoms with van der Waals surface area (Å²) in [6, 6.07) is 4.30. The van der Waals surface area contributed by atoms with Crippen LogP contribution in [0.25, 0.3) is 5.57 Å². The highest BCUT2D eigenvalue weighted by Crippen LogP contribution is 2.35. The highest BCUT2D eigenvalue weighted by Gasteiger charge is 2.23. The van der Waals surface area contributed by atoms with Gasteiger partial charge in [0.25, 0.3) is 0 Å². The van der Waals surface area contributed by atoms with Crippen LogP contribution in [0, 0.1) is 5.82 Å². The molecule has 0 aromatic heterocycles. The largest absolute Gasteiger partial charge is 0.505 e. The van der Waals surface area contributed by atoms with Gasteiger partial charge >= 0.3 is 0 Å². The molecule has 4 heteroatoms. The van der Waals surface area contributed by atoms with Gasteiger partial charge in [0.2, 0.25) is 0 Å². The second-order valence-corrected chi connectivity index (χ2v) is 4.79. The smallest absolute Gasteiger partial charge is 0.165 e. The van der Waals surface area contributed by atoms with E-state index in [-0.39, 0.29) is 5.75 Å². The number of phenols is 1. The molecular weight excluding hydrogens is 245 g/mol. The van der Waals surface area contributed by atoms with Crippen molar-refractivity contribution in [3.05, 3.63) is 35.2 Å². The zero-order valence-electron chi connectivity index (χ0n) is 11.0. The highest BCUT2D eigenvalue weighted by atomic mass is 19.1. The van der Waals surface area contributed by atoms with E-state index in [2.05, 4.69) is 12.1 Å². The van der Waals surface area contributed by atoms with Crippen molar-refractivity contribution in [2.45, 2.75) is 39.0 Å². The molecule has 2 N–H and O–H groups in total. The summed E-state index contributed by atoms with van der Waals surface area (Å²) in [6.45, 7) is 2.12. The number of hydrogen-bond donors (Lipinski definition) is 2. The molecule has 3 nitrogen and oxygen atoms in total. The van der Waals surface area contributed by atoms with Gasteiger partial charge in [-0.25, -0.2) is 4.39 Å². The first kappa shape index (κ1) is 13.6. The zero-order chi connectivity index (χ0) is 13.8. The molecule has 0 saturated carbocycles. The molecule has 0 amide bonds. The Kier molecular flexibility index (Phi) is 4.20. The Labute approximate surface area is 112 Å². The van der Waals surface area contributed by atoms with E-state index in [0.717, 1.165) is 31.3 Å². The van der Waals surface area contributed by atoms with Crippen LogP contribution in [0.5, 0.6) is 5.75 Å². The Morgan fingerprint density at radius 2 is 2.11 bits per heavy atom. The van der Waals surface area contributed by atoms with Crippen molar-refractivity contribution in [1.29, 1.82) is 0 Å². The summed E-state index contributed by atoms with van der Waals surface area (Å²) in [5.41, 5.74) is 3.33. The second-order valence-electron chi connectivity index (χ2n) is 4.79. The van der Waals surface area contributed by atoms with Crippen LogP contribution in [-0.2, 0) is 0 Å². The van der Waals surface area contributed by atoms with Crippen LogP contribution in [0.1, 0.15) is 44.6 Å². The molecule has 0 atom stereocenters. The lowest BCUT2D eigenvalue weighted by atomic mass is 9.98. The SMILES string of the molecule is CCCCC1=C(c2ccc(O)c(F)c2)C(=NO)CC1. The minimum atomic E-state index is -0.649. The molecule has 0 saturated heterocycles. The molecule has 1 aromatic carbocycles. The predicted molar refractivity (Wildman–Crippen MR) is 73.0 cm³/mol. The molecule has 102 valence electrons. The number of aromatic hydroxyl groups is 1. The van der Waals surface area contributed by atoms with E-state index >= 15 is 0 Å². The summed E-state index contributed by atoms with van der Waals surface area (Å²) in [5, 5.41) is 21.7. The molecule has 0 radical (unpaired) electrons. The summed E-state index contributed by atoms with van der Waals surface area (Å²) >= 11 is 0. The number of oxime groups is 1. The molecule has 0 heterocycles. The fourth-order valence-corrected chi connectivity index (χ4v) is 2.50. The number of allylic oxidation sites excluding steroid dienone is 2. The number of nitrogens with zero attached hydrogens (tertiary/aromatic N) is 1. The van der Waals surface area contributed by atoms with E-state index < -0.39 is 5.82 Å². The third kappa shape index (κ3) is 2.78. The maximum atomic E-state index is 13.5. The van der Waals surface area contributed by atoms with Gasteiger partial charge in [0, 0.05) is 5.57 Å². The minimum absolute atomic E-state index is 0.361. The number of benzene rings is 1. The van der Waals surface area contributed by atoms with E-state index in [1.807, 2.05) is 0 Å². The summed E-state index contributed by atoms with van der Waals surface area (Å²) in [6.07, 6.45) is 4.64. The van der Waals surface area contributed by atoms with Gasteiger partial charge in [-0.15, -0.1) is 0 Å². The Hall–Kier alpha value is -1.84. The molecule has 0 bridgehead atoms. The fourth-order valence-electron chi connectivity index (χ4n) is 2.50. The average Bonchev–Trinajstić information content (AvgIpc) is 2.82. The van der Waals surface area contributed by atoms with Crippen LogP contribution in [0.3, 0.4) is 0 Å². The van der Waals surface area contributed by atoms with Crippen LogP contribution in [-0.4, -0.2) is 16.0 Å². The van der Waals surface area contributed by atoms with Crippen molar-refractivity contribution in [3.8, 4) is 5.75 Å². The van der Waals surface area contributed by atoms with Gasteiger partial charge < -0.3 is 10.3 Å². The molecular formula is C15H18FNO2. The quantitative estimate of drug-likeness (QED) is 0.634. The van der Waals surface area contributed by atoms with E-state index in [1.54, 1.807) is 6.07 Å². The average molecular weight is 263 g/mol. The lowest BCUT2D eigenvalue weighted by molar-refractivity contribution is 0.319. The lowest BCUT2D eigenvalue weighted by Crippen LogP contribution is -1.98. The zero-order valence-corrected chi connectivity index (χ0v) is 11.0. The maximum Gasteiger partial charge on any atom is 0.165 e. The number of unbranched alkanes of at least 4 members (excludes halogenated alkanes) is 1. The van der Waals surface area contributed by atoms with E-state index in [4.69, 9.17) is 5.21 Å². The maximum absolute atomic E-state index is 13.5. The van der Waals surface area contributed by atoms with Crippen molar-refractivity contribution < 1.29 is 14.7 Å². The molecule has 0 fully saturated rings. The van der Waals surface area contributed by atoms with Crippen LogP contribution in [0.4, 0.5) is 4.39 Å². The van der Waals surface area contributed by atoms with Crippen LogP contribution in [0.2, 0.25) is 0 Å². The normalized spacial score (nSPS) is 17.5. The van der Waals surface area contributed by atoms with Crippen molar-refractivity contribution in [2.75, 3.05) is 0 Å². The van der Waals surface area contributed by atoms with Gasteiger partial charge in [-0.2, -0.15) is 0 Å². The van der Waals surface area contributed by atoms with Gasteiger partial charge in [-0.1, -0.05) is 30.1 Å². The first-order valence-corrected chi connectivity index (χ1v) is 6.59. The fraction of sp³-hybridized carbons (Fsp3) is 0.400. The monoisotopic (exact) mass is 263 g/mol. The van der Waals surface area contributed by atoms with Gasteiger partial charge in [0.15, 0.2) is 11.6 Å². The topological polar surface area (TPSA) is 52.8 Å². The summed E-state index contributed by atoms with van der Waals surface area (Å²) < 4.78 is 13.5. The third-order valence-electron chi connectivity index (χ3n) is 3.49. The van der Waals surface area contributed by atoms with Gasteiger partial charge in [0.1, 0.15) is 0 Å². The molecule has 0 unspecified atom stereocenters. The predicted octanol–water partition coefficient (Wildman–Crippen LogP) is 4.10. The van der Waals surface area contributed by atoms with Crippen molar-refractivity contribution in [3.63, 3.8) is 0 Å². The Balaban J connectivity index is 2.43. The van der Waals surface area contributed by atoms with Gasteiger partial charge in [-0.3, -0.25) is 0 Å². The van der Waals surface area contributed by atoms with E-state index in [1.165, 1.54) is 17.7 Å². The Bertz CT molecular complexity index is 535.